The maximum atomic E-state index is 14.1. The van der Waals surface area contributed by atoms with Crippen molar-refractivity contribution in [1.29, 1.82) is 0 Å². The van der Waals surface area contributed by atoms with Gasteiger partial charge in [-0.05, 0) is 48.5 Å². The fourth-order valence-electron chi connectivity index (χ4n) is 3.18. The van der Waals surface area contributed by atoms with Crippen LogP contribution in [0.1, 0.15) is 16.1 Å². The number of hydrogen-bond acceptors (Lipinski definition) is 7. The molecule has 184 valence electrons. The minimum atomic E-state index is -4.72. The Balaban J connectivity index is 1.50. The van der Waals surface area contributed by atoms with Gasteiger partial charge >= 0.3 is 6.18 Å². The second kappa shape index (κ2) is 9.49. The van der Waals surface area contributed by atoms with Crippen molar-refractivity contribution in [2.24, 2.45) is 0 Å². The Hall–Kier alpha value is -4.74. The number of hydrogen-bond donors (Lipinski definition) is 3. The summed E-state index contributed by atoms with van der Waals surface area (Å²) in [5, 5.41) is 7.43. The van der Waals surface area contributed by atoms with E-state index in [-0.39, 0.29) is 23.0 Å². The van der Waals surface area contributed by atoms with Crippen LogP contribution in [0.3, 0.4) is 0 Å². The molecule has 1 aromatic heterocycles. The molecule has 0 aliphatic heterocycles. The van der Waals surface area contributed by atoms with E-state index < -0.39 is 34.1 Å². The first-order valence-electron chi connectivity index (χ1n) is 10.3. The molecule has 1 amide bonds. The van der Waals surface area contributed by atoms with E-state index in [2.05, 4.69) is 20.9 Å². The van der Waals surface area contributed by atoms with Crippen LogP contribution in [0.15, 0.2) is 70.4 Å². The van der Waals surface area contributed by atoms with Crippen LogP contribution in [0.4, 0.5) is 40.3 Å². The zero-order valence-electron chi connectivity index (χ0n) is 18.4. The average Bonchev–Trinajstić information content (AvgIpc) is 2.86. The average molecular weight is 500 g/mol. The molecule has 3 aromatic carbocycles. The molecule has 4 rings (SSSR count). The molecule has 0 aliphatic rings. The molecule has 0 bridgehead atoms. The molecule has 0 fully saturated rings. The lowest BCUT2D eigenvalue weighted by Crippen LogP contribution is -2.36. The molecule has 36 heavy (non-hydrogen) atoms. The molecule has 1 heterocycles. The number of ether oxygens (including phenoxy) is 1. The first kappa shape index (κ1) is 24.4. The smallest absolute Gasteiger partial charge is 0.416 e. The Kier molecular flexibility index (Phi) is 6.43. The van der Waals surface area contributed by atoms with Crippen molar-refractivity contribution in [2.75, 3.05) is 17.7 Å². The van der Waals surface area contributed by atoms with Gasteiger partial charge in [-0.3, -0.25) is 19.4 Å². The standard InChI is InChI=1S/C24H16F4N4O4/c1-29-23(35)18-11-15(8-9-30-18)36-14-5-3-13(4-6-14)31-19-20(22(34)21(19)33)32-17-10-12(24(26,27)28)2-7-16(17)25/h2-11,31-32H,1H3,(H,29,35). The minimum absolute atomic E-state index is 0.158. The molecule has 0 aliphatic carbocycles. The van der Waals surface area contributed by atoms with Gasteiger partial charge in [-0.1, -0.05) is 0 Å². The molecule has 0 saturated heterocycles. The normalized spacial score (nSPS) is 11.2. The Morgan fingerprint density at radius 2 is 1.56 bits per heavy atom. The molecule has 12 heteroatoms. The molecular formula is C24H16F4N4O4. The largest absolute Gasteiger partial charge is 0.457 e. The number of pyridine rings is 1. The highest BCUT2D eigenvalue weighted by Gasteiger charge is 2.31. The molecular weight excluding hydrogens is 484 g/mol. The van der Waals surface area contributed by atoms with Crippen LogP contribution in [0.25, 0.3) is 0 Å². The van der Waals surface area contributed by atoms with Gasteiger partial charge in [0, 0.05) is 25.0 Å². The van der Waals surface area contributed by atoms with E-state index in [1.54, 1.807) is 6.07 Å². The number of carbonyl (C=O) groups excluding carboxylic acids is 1. The van der Waals surface area contributed by atoms with Gasteiger partial charge in [-0.15, -0.1) is 0 Å². The predicted octanol–water partition coefficient (Wildman–Crippen LogP) is 4.47. The summed E-state index contributed by atoms with van der Waals surface area (Å²) in [6.07, 6.45) is -3.31. The second-order valence-electron chi connectivity index (χ2n) is 7.43. The first-order valence-corrected chi connectivity index (χ1v) is 10.3. The monoisotopic (exact) mass is 500 g/mol. The number of carbonyl (C=O) groups is 1. The number of alkyl halides is 3. The molecule has 8 nitrogen and oxygen atoms in total. The highest BCUT2D eigenvalue weighted by Crippen LogP contribution is 2.34. The third kappa shape index (κ3) is 5.02. The Labute approximate surface area is 200 Å². The zero-order valence-corrected chi connectivity index (χ0v) is 18.4. The van der Waals surface area contributed by atoms with Crippen LogP contribution in [0, 0.1) is 5.82 Å². The molecule has 0 radical (unpaired) electrons. The highest BCUT2D eigenvalue weighted by molar-refractivity contribution is 5.92. The summed E-state index contributed by atoms with van der Waals surface area (Å²) in [4.78, 5) is 39.7. The summed E-state index contributed by atoms with van der Waals surface area (Å²) in [7, 11) is 1.47. The number of anilines is 4. The summed E-state index contributed by atoms with van der Waals surface area (Å²) in [5.41, 5.74) is -3.72. The number of halogens is 4. The van der Waals surface area contributed by atoms with Crippen molar-refractivity contribution in [3.05, 3.63) is 98.3 Å². The number of nitrogens with one attached hydrogen (secondary N) is 3. The highest BCUT2D eigenvalue weighted by atomic mass is 19.4. The molecule has 4 aromatic rings. The molecule has 0 unspecified atom stereocenters. The van der Waals surface area contributed by atoms with Crippen LogP contribution in [-0.4, -0.2) is 17.9 Å². The third-order valence-corrected chi connectivity index (χ3v) is 5.01. The lowest BCUT2D eigenvalue weighted by Gasteiger charge is -2.16. The van der Waals surface area contributed by atoms with Crippen molar-refractivity contribution in [1.82, 2.24) is 10.3 Å². The van der Waals surface area contributed by atoms with Crippen molar-refractivity contribution in [3.63, 3.8) is 0 Å². The number of aromatic nitrogens is 1. The summed E-state index contributed by atoms with van der Waals surface area (Å²) in [5.74, 6) is -0.688. The van der Waals surface area contributed by atoms with E-state index in [4.69, 9.17) is 4.74 Å². The maximum Gasteiger partial charge on any atom is 0.416 e. The van der Waals surface area contributed by atoms with Gasteiger partial charge < -0.3 is 20.7 Å². The Bertz CT molecular complexity index is 1510. The van der Waals surface area contributed by atoms with E-state index >= 15 is 0 Å². The molecule has 3 N–H and O–H groups in total. The number of rotatable bonds is 7. The van der Waals surface area contributed by atoms with E-state index in [1.807, 2.05) is 0 Å². The van der Waals surface area contributed by atoms with Gasteiger partial charge in [0.2, 0.25) is 0 Å². The van der Waals surface area contributed by atoms with Gasteiger partial charge in [0.05, 0.1) is 11.3 Å². The van der Waals surface area contributed by atoms with Crippen molar-refractivity contribution >= 4 is 28.7 Å². The molecule has 0 spiro atoms. The third-order valence-electron chi connectivity index (χ3n) is 5.01. The van der Waals surface area contributed by atoms with Crippen LogP contribution >= 0.6 is 0 Å². The number of nitrogens with zero attached hydrogens (tertiary/aromatic N) is 1. The quantitative estimate of drug-likeness (QED) is 0.254. The van der Waals surface area contributed by atoms with Gasteiger partial charge in [0.1, 0.15) is 34.4 Å². The summed E-state index contributed by atoms with van der Waals surface area (Å²) >= 11 is 0. The molecule has 0 saturated carbocycles. The second-order valence-corrected chi connectivity index (χ2v) is 7.43. The fourth-order valence-corrected chi connectivity index (χ4v) is 3.18. The fraction of sp³-hybridized carbons (Fsp3) is 0.0833. The van der Waals surface area contributed by atoms with Crippen molar-refractivity contribution < 1.29 is 27.1 Å². The lowest BCUT2D eigenvalue weighted by molar-refractivity contribution is -0.137. The number of benzene rings is 2. The van der Waals surface area contributed by atoms with E-state index in [0.717, 1.165) is 0 Å². The zero-order chi connectivity index (χ0) is 26.0. The Morgan fingerprint density at radius 1 is 0.889 bits per heavy atom. The topological polar surface area (TPSA) is 109 Å². The predicted molar refractivity (Wildman–Crippen MR) is 123 cm³/mol. The van der Waals surface area contributed by atoms with Gasteiger partial charge in [-0.25, -0.2) is 4.39 Å². The van der Waals surface area contributed by atoms with E-state index in [1.165, 1.54) is 43.6 Å². The number of amides is 1. The van der Waals surface area contributed by atoms with Gasteiger partial charge in [-0.2, -0.15) is 13.2 Å². The maximum absolute atomic E-state index is 14.1. The van der Waals surface area contributed by atoms with Crippen LogP contribution in [0.5, 0.6) is 11.5 Å². The summed E-state index contributed by atoms with van der Waals surface area (Å²) < 4.78 is 58.6. The van der Waals surface area contributed by atoms with Crippen LogP contribution in [0.2, 0.25) is 0 Å². The SMILES string of the molecule is CNC(=O)c1cc(Oc2ccc(Nc3c(Nc4cc(C(F)(F)F)ccc4F)c(=O)c3=O)cc2)ccn1. The van der Waals surface area contributed by atoms with E-state index in [9.17, 15) is 31.9 Å². The summed E-state index contributed by atoms with van der Waals surface area (Å²) in [6, 6.07) is 10.8. The van der Waals surface area contributed by atoms with Crippen LogP contribution in [-0.2, 0) is 6.18 Å². The van der Waals surface area contributed by atoms with E-state index in [0.29, 0.717) is 35.4 Å². The Morgan fingerprint density at radius 3 is 2.19 bits per heavy atom. The van der Waals surface area contributed by atoms with Crippen LogP contribution < -0.4 is 31.5 Å². The van der Waals surface area contributed by atoms with Gasteiger partial charge in [0.15, 0.2) is 0 Å². The van der Waals surface area contributed by atoms with Crippen molar-refractivity contribution in [3.8, 4) is 11.5 Å². The molecule has 0 atom stereocenters. The summed E-state index contributed by atoms with van der Waals surface area (Å²) in [6.45, 7) is 0. The lowest BCUT2D eigenvalue weighted by atomic mass is 10.1. The van der Waals surface area contributed by atoms with Gasteiger partial charge in [0.25, 0.3) is 16.8 Å². The first-order chi connectivity index (χ1) is 17.1. The minimum Gasteiger partial charge on any atom is -0.457 e. The van der Waals surface area contributed by atoms with Crippen molar-refractivity contribution in [2.45, 2.75) is 6.18 Å².